The van der Waals surface area contributed by atoms with Crippen LogP contribution in [0.4, 0.5) is 0 Å². The Labute approximate surface area is 178 Å². The van der Waals surface area contributed by atoms with Crippen LogP contribution in [-0.2, 0) is 18.8 Å². The van der Waals surface area contributed by atoms with Crippen molar-refractivity contribution < 1.29 is 4.42 Å². The zero-order valence-electron chi connectivity index (χ0n) is 17.7. The van der Waals surface area contributed by atoms with E-state index < -0.39 is 0 Å². The molecule has 0 aliphatic heterocycles. The lowest BCUT2D eigenvalue weighted by atomic mass is 10.3. The molecule has 156 valence electrons. The van der Waals surface area contributed by atoms with Gasteiger partial charge in [-0.15, -0.1) is 0 Å². The number of thioether (sulfide) groups is 1. The number of imidazole rings is 1. The first-order valence-corrected chi connectivity index (χ1v) is 11.2. The number of aryl methyl sites for hydroxylation is 2. The van der Waals surface area contributed by atoms with E-state index >= 15 is 0 Å². The zero-order valence-corrected chi connectivity index (χ0v) is 19.3. The molecule has 0 fully saturated rings. The summed E-state index contributed by atoms with van der Waals surface area (Å²) >= 11 is 7.20. The van der Waals surface area contributed by atoms with Crippen molar-refractivity contribution in [1.29, 1.82) is 0 Å². The predicted molar refractivity (Wildman–Crippen MR) is 122 cm³/mol. The number of rotatable bonds is 11. The molecule has 0 atom stereocenters. The minimum absolute atomic E-state index is 0.724. The molecule has 0 spiro atoms. The second-order valence-electron chi connectivity index (χ2n) is 7.18. The minimum atomic E-state index is 0.724. The molecular formula is C20H33N5OS2. The van der Waals surface area contributed by atoms with E-state index in [4.69, 9.17) is 16.6 Å². The van der Waals surface area contributed by atoms with E-state index in [1.165, 1.54) is 5.69 Å². The Morgan fingerprint density at radius 2 is 1.89 bits per heavy atom. The third-order valence-corrected chi connectivity index (χ3v) is 5.73. The minimum Gasteiger partial charge on any atom is -0.464 e. The number of hydrogen-bond donors (Lipinski definition) is 2. The molecule has 0 aliphatic rings. The van der Waals surface area contributed by atoms with Crippen molar-refractivity contribution in [3.05, 3.63) is 40.9 Å². The van der Waals surface area contributed by atoms with Gasteiger partial charge in [-0.25, -0.2) is 4.98 Å². The van der Waals surface area contributed by atoms with Gasteiger partial charge < -0.3 is 24.5 Å². The van der Waals surface area contributed by atoms with Gasteiger partial charge in [0, 0.05) is 31.1 Å². The molecule has 8 heteroatoms. The number of nitrogens with one attached hydrogen (secondary N) is 2. The molecule has 2 N–H and O–H groups in total. The predicted octanol–water partition coefficient (Wildman–Crippen LogP) is 3.25. The maximum Gasteiger partial charge on any atom is 0.166 e. The van der Waals surface area contributed by atoms with Crippen molar-refractivity contribution in [1.82, 2.24) is 25.1 Å². The average molecular weight is 424 g/mol. The van der Waals surface area contributed by atoms with Crippen molar-refractivity contribution in [2.75, 3.05) is 32.9 Å². The highest BCUT2D eigenvalue weighted by Gasteiger charge is 2.07. The molecule has 6 nitrogen and oxygen atoms in total. The summed E-state index contributed by atoms with van der Waals surface area (Å²) in [5.74, 6) is 5.00. The molecule has 2 rings (SSSR count). The summed E-state index contributed by atoms with van der Waals surface area (Å²) in [4.78, 5) is 6.61. The van der Waals surface area contributed by atoms with Gasteiger partial charge >= 0.3 is 0 Å². The average Bonchev–Trinajstić information content (AvgIpc) is 3.16. The molecule has 28 heavy (non-hydrogen) atoms. The number of hydrogen-bond acceptors (Lipinski definition) is 5. The van der Waals surface area contributed by atoms with E-state index in [2.05, 4.69) is 58.0 Å². The van der Waals surface area contributed by atoms with Gasteiger partial charge in [0.1, 0.15) is 17.3 Å². The van der Waals surface area contributed by atoms with Gasteiger partial charge in [-0.1, -0.05) is 0 Å². The van der Waals surface area contributed by atoms with Crippen LogP contribution in [0.25, 0.3) is 0 Å². The molecule has 0 saturated heterocycles. The normalized spacial score (nSPS) is 11.2. The zero-order chi connectivity index (χ0) is 20.5. The van der Waals surface area contributed by atoms with Gasteiger partial charge in [-0.3, -0.25) is 0 Å². The Bertz CT molecular complexity index is 754. The summed E-state index contributed by atoms with van der Waals surface area (Å²) in [6.45, 7) is 9.75. The number of furan rings is 1. The molecule has 0 aromatic carbocycles. The highest BCUT2D eigenvalue weighted by molar-refractivity contribution is 7.98. The van der Waals surface area contributed by atoms with Crippen LogP contribution in [0, 0.1) is 20.8 Å². The van der Waals surface area contributed by atoms with Gasteiger partial charge in [-0.2, -0.15) is 11.8 Å². The number of nitrogens with zero attached hydrogens (tertiary/aromatic N) is 3. The van der Waals surface area contributed by atoms with E-state index in [1.807, 2.05) is 25.9 Å². The second kappa shape index (κ2) is 11.5. The van der Waals surface area contributed by atoms with Crippen LogP contribution >= 0.6 is 24.0 Å². The van der Waals surface area contributed by atoms with Crippen LogP contribution in [-0.4, -0.2) is 52.5 Å². The Balaban J connectivity index is 1.52. The van der Waals surface area contributed by atoms with Gasteiger partial charge in [-0.05, 0) is 65.6 Å². The fourth-order valence-corrected chi connectivity index (χ4v) is 3.91. The van der Waals surface area contributed by atoms with Gasteiger partial charge in [0.2, 0.25) is 0 Å². The van der Waals surface area contributed by atoms with Crippen LogP contribution in [0.15, 0.2) is 16.5 Å². The van der Waals surface area contributed by atoms with Crippen molar-refractivity contribution in [3.8, 4) is 0 Å². The Morgan fingerprint density at radius 1 is 1.18 bits per heavy atom. The summed E-state index contributed by atoms with van der Waals surface area (Å²) in [6, 6.07) is 4.12. The Hall–Kier alpha value is -1.51. The van der Waals surface area contributed by atoms with Crippen molar-refractivity contribution in [2.45, 2.75) is 46.0 Å². The summed E-state index contributed by atoms with van der Waals surface area (Å²) in [6.07, 6.45) is 1.02. The van der Waals surface area contributed by atoms with Crippen LogP contribution < -0.4 is 10.6 Å². The van der Waals surface area contributed by atoms with E-state index in [0.29, 0.717) is 0 Å². The summed E-state index contributed by atoms with van der Waals surface area (Å²) < 4.78 is 8.08. The molecule has 0 saturated carbocycles. The first kappa shape index (κ1) is 22.8. The molecule has 0 aliphatic carbocycles. The molecule has 2 aromatic heterocycles. The highest BCUT2D eigenvalue weighted by Crippen LogP contribution is 2.16. The van der Waals surface area contributed by atoms with Crippen molar-refractivity contribution in [3.63, 3.8) is 0 Å². The molecule has 2 heterocycles. The summed E-state index contributed by atoms with van der Waals surface area (Å²) in [7, 11) is 4.08. The SMILES string of the molecule is Cc1nc(C)n(CCCNC(=S)NCCSCc2ccc(CN(C)C)o2)c1C. The topological polar surface area (TPSA) is 58.3 Å². The maximum atomic E-state index is 5.81. The van der Waals surface area contributed by atoms with Crippen molar-refractivity contribution in [2.24, 2.45) is 0 Å². The van der Waals surface area contributed by atoms with Crippen molar-refractivity contribution >= 4 is 29.1 Å². The molecular weight excluding hydrogens is 390 g/mol. The quantitative estimate of drug-likeness (QED) is 0.425. The first-order valence-electron chi connectivity index (χ1n) is 9.69. The largest absolute Gasteiger partial charge is 0.464 e. The third kappa shape index (κ3) is 7.48. The smallest absolute Gasteiger partial charge is 0.166 e. The van der Waals surface area contributed by atoms with Crippen LogP contribution in [0.5, 0.6) is 0 Å². The lowest BCUT2D eigenvalue weighted by Crippen LogP contribution is -2.37. The van der Waals surface area contributed by atoms with Gasteiger partial charge in [0.15, 0.2) is 5.11 Å². The van der Waals surface area contributed by atoms with Crippen LogP contribution in [0.3, 0.4) is 0 Å². The van der Waals surface area contributed by atoms with Gasteiger partial charge in [0.05, 0.1) is 18.0 Å². The highest BCUT2D eigenvalue weighted by atomic mass is 32.2. The fraction of sp³-hybridized carbons (Fsp3) is 0.600. The first-order chi connectivity index (χ1) is 13.4. The van der Waals surface area contributed by atoms with Crippen LogP contribution in [0.1, 0.15) is 35.2 Å². The molecule has 0 unspecified atom stereocenters. The molecule has 0 bridgehead atoms. The van der Waals surface area contributed by atoms with Crippen LogP contribution in [0.2, 0.25) is 0 Å². The monoisotopic (exact) mass is 423 g/mol. The number of aromatic nitrogens is 2. The molecule has 0 amide bonds. The summed E-state index contributed by atoms with van der Waals surface area (Å²) in [5, 5.41) is 7.28. The van der Waals surface area contributed by atoms with E-state index in [-0.39, 0.29) is 0 Å². The van der Waals surface area contributed by atoms with E-state index in [1.54, 1.807) is 0 Å². The van der Waals surface area contributed by atoms with Gasteiger partial charge in [0.25, 0.3) is 0 Å². The Morgan fingerprint density at radius 3 is 2.57 bits per heavy atom. The lowest BCUT2D eigenvalue weighted by Gasteiger charge is -2.12. The number of thiocarbonyl (C=S) groups is 1. The summed E-state index contributed by atoms with van der Waals surface area (Å²) in [5.41, 5.74) is 2.37. The van der Waals surface area contributed by atoms with E-state index in [0.717, 1.165) is 72.3 Å². The molecule has 0 radical (unpaired) electrons. The Kier molecular flexibility index (Phi) is 9.34. The second-order valence-corrected chi connectivity index (χ2v) is 8.69. The molecule has 2 aromatic rings. The van der Waals surface area contributed by atoms with E-state index in [9.17, 15) is 0 Å². The standard InChI is InChI=1S/C20H33N5OS2/c1-15-16(2)25(17(3)23-15)11-6-9-21-20(27)22-10-12-28-14-19-8-7-18(26-19)13-24(4)5/h7-8H,6,9-14H2,1-5H3,(H2,21,22,27). The maximum absolute atomic E-state index is 5.81. The fourth-order valence-electron chi connectivity index (χ4n) is 2.96. The third-order valence-electron chi connectivity index (χ3n) is 4.46. The lowest BCUT2D eigenvalue weighted by molar-refractivity contribution is 0.344.